The van der Waals surface area contributed by atoms with Gasteiger partial charge in [0, 0.05) is 23.5 Å². The lowest BCUT2D eigenvalue weighted by molar-refractivity contribution is 0.0599. The molecule has 1 N–H and O–H groups in total. The van der Waals surface area contributed by atoms with Gasteiger partial charge in [0.05, 0.1) is 12.7 Å². The van der Waals surface area contributed by atoms with Gasteiger partial charge in [-0.15, -0.1) is 0 Å². The summed E-state index contributed by atoms with van der Waals surface area (Å²) in [5.41, 5.74) is 3.89. The van der Waals surface area contributed by atoms with E-state index in [0.29, 0.717) is 12.0 Å². The van der Waals surface area contributed by atoms with Crippen molar-refractivity contribution in [2.24, 2.45) is 0 Å². The van der Waals surface area contributed by atoms with Crippen LogP contribution in [0.4, 0.5) is 0 Å². The maximum atomic E-state index is 11.8. The average molecular weight is 265 g/mol. The number of H-pyrrole nitrogens is 1. The molecule has 3 nitrogen and oxygen atoms in total. The summed E-state index contributed by atoms with van der Waals surface area (Å²) in [6, 6.07) is 15.7. The highest BCUT2D eigenvalue weighted by atomic mass is 16.5. The standard InChI is InChI=1S/C17H15NO2/c1-20-17(19)15-8-3-2-6-12(15)10-13-11-18-16-9-5-4-7-14(13)16/h2-9,11,18H,10H2,1H3. The van der Waals surface area contributed by atoms with E-state index >= 15 is 0 Å². The predicted octanol–water partition coefficient (Wildman–Crippen LogP) is 3.55. The lowest BCUT2D eigenvalue weighted by Crippen LogP contribution is -2.05. The number of hydrogen-bond acceptors (Lipinski definition) is 2. The van der Waals surface area contributed by atoms with Crippen molar-refractivity contribution in [1.29, 1.82) is 0 Å². The molecule has 0 amide bonds. The summed E-state index contributed by atoms with van der Waals surface area (Å²) in [6.07, 6.45) is 2.70. The summed E-state index contributed by atoms with van der Waals surface area (Å²) in [6.45, 7) is 0. The van der Waals surface area contributed by atoms with Crippen LogP contribution in [0.15, 0.2) is 54.7 Å². The number of fused-ring (bicyclic) bond motifs is 1. The minimum absolute atomic E-state index is 0.291. The van der Waals surface area contributed by atoms with Gasteiger partial charge in [-0.25, -0.2) is 4.79 Å². The lowest BCUT2D eigenvalue weighted by atomic mass is 9.99. The van der Waals surface area contributed by atoms with Crippen LogP contribution in [-0.2, 0) is 11.2 Å². The van der Waals surface area contributed by atoms with Gasteiger partial charge in [0.1, 0.15) is 0 Å². The number of para-hydroxylation sites is 1. The number of ether oxygens (including phenoxy) is 1. The highest BCUT2D eigenvalue weighted by Gasteiger charge is 2.12. The summed E-state index contributed by atoms with van der Waals surface area (Å²) in [7, 11) is 1.41. The number of hydrogen-bond donors (Lipinski definition) is 1. The second-order valence-corrected chi connectivity index (χ2v) is 4.69. The minimum Gasteiger partial charge on any atom is -0.465 e. The first-order valence-corrected chi connectivity index (χ1v) is 6.51. The van der Waals surface area contributed by atoms with E-state index in [2.05, 4.69) is 11.1 Å². The molecule has 0 atom stereocenters. The number of rotatable bonds is 3. The summed E-state index contributed by atoms with van der Waals surface area (Å²) < 4.78 is 4.84. The first-order valence-electron chi connectivity index (χ1n) is 6.51. The Kier molecular flexibility index (Phi) is 3.25. The Labute approximate surface area is 117 Å². The number of carbonyl (C=O) groups is 1. The van der Waals surface area contributed by atoms with Crippen molar-refractivity contribution in [2.45, 2.75) is 6.42 Å². The molecular weight excluding hydrogens is 250 g/mol. The molecular formula is C17H15NO2. The van der Waals surface area contributed by atoms with Gasteiger partial charge in [-0.1, -0.05) is 36.4 Å². The van der Waals surface area contributed by atoms with Crippen LogP contribution in [0.3, 0.4) is 0 Å². The molecule has 0 aliphatic rings. The van der Waals surface area contributed by atoms with Crippen LogP contribution in [0.25, 0.3) is 10.9 Å². The van der Waals surface area contributed by atoms with Crippen LogP contribution in [0.1, 0.15) is 21.5 Å². The van der Waals surface area contributed by atoms with Crippen LogP contribution < -0.4 is 0 Å². The highest BCUT2D eigenvalue weighted by molar-refractivity contribution is 5.91. The number of esters is 1. The molecule has 1 heterocycles. The monoisotopic (exact) mass is 265 g/mol. The molecule has 3 rings (SSSR count). The normalized spacial score (nSPS) is 10.7. The van der Waals surface area contributed by atoms with Crippen LogP contribution in [-0.4, -0.2) is 18.1 Å². The smallest absolute Gasteiger partial charge is 0.338 e. The summed E-state index contributed by atoms with van der Waals surface area (Å²) in [4.78, 5) is 15.1. The minimum atomic E-state index is -0.291. The zero-order valence-corrected chi connectivity index (χ0v) is 11.2. The molecule has 0 saturated carbocycles. The number of methoxy groups -OCH3 is 1. The first kappa shape index (κ1) is 12.5. The first-order chi connectivity index (χ1) is 9.79. The Morgan fingerprint density at radius 3 is 2.65 bits per heavy atom. The van der Waals surface area contributed by atoms with E-state index in [1.807, 2.05) is 42.6 Å². The van der Waals surface area contributed by atoms with Gasteiger partial charge in [0.15, 0.2) is 0 Å². The van der Waals surface area contributed by atoms with Gasteiger partial charge < -0.3 is 9.72 Å². The molecule has 3 heteroatoms. The fourth-order valence-corrected chi connectivity index (χ4v) is 2.47. The molecule has 0 bridgehead atoms. The van der Waals surface area contributed by atoms with Crippen LogP contribution in [0, 0.1) is 0 Å². The molecule has 0 unspecified atom stereocenters. The second-order valence-electron chi connectivity index (χ2n) is 4.69. The van der Waals surface area contributed by atoms with E-state index < -0.39 is 0 Å². The Morgan fingerprint density at radius 1 is 1.05 bits per heavy atom. The SMILES string of the molecule is COC(=O)c1ccccc1Cc1c[nH]c2ccccc12. The van der Waals surface area contributed by atoms with Gasteiger partial charge in [-0.3, -0.25) is 0 Å². The number of aromatic nitrogens is 1. The number of aromatic amines is 1. The summed E-state index contributed by atoms with van der Waals surface area (Å²) >= 11 is 0. The van der Waals surface area contributed by atoms with E-state index in [1.165, 1.54) is 18.1 Å². The van der Waals surface area contributed by atoms with E-state index in [1.54, 1.807) is 6.07 Å². The van der Waals surface area contributed by atoms with Crippen molar-refractivity contribution < 1.29 is 9.53 Å². The van der Waals surface area contributed by atoms with Crippen molar-refractivity contribution in [3.8, 4) is 0 Å². The van der Waals surface area contributed by atoms with Gasteiger partial charge in [-0.05, 0) is 23.3 Å². The fraction of sp³-hybridized carbons (Fsp3) is 0.118. The van der Waals surface area contributed by atoms with Crippen LogP contribution >= 0.6 is 0 Å². The zero-order chi connectivity index (χ0) is 13.9. The van der Waals surface area contributed by atoms with Gasteiger partial charge in [-0.2, -0.15) is 0 Å². The molecule has 100 valence electrons. The Morgan fingerprint density at radius 2 is 1.80 bits per heavy atom. The van der Waals surface area contributed by atoms with E-state index in [0.717, 1.165) is 11.1 Å². The molecule has 20 heavy (non-hydrogen) atoms. The highest BCUT2D eigenvalue weighted by Crippen LogP contribution is 2.22. The van der Waals surface area contributed by atoms with Crippen molar-refractivity contribution in [2.75, 3.05) is 7.11 Å². The van der Waals surface area contributed by atoms with Gasteiger partial charge in [0.2, 0.25) is 0 Å². The number of benzene rings is 2. The zero-order valence-electron chi connectivity index (χ0n) is 11.2. The summed E-state index contributed by atoms with van der Waals surface area (Å²) in [5, 5.41) is 1.19. The third-order valence-electron chi connectivity index (χ3n) is 3.48. The third-order valence-corrected chi connectivity index (χ3v) is 3.48. The van der Waals surface area contributed by atoms with Crippen molar-refractivity contribution in [1.82, 2.24) is 4.98 Å². The molecule has 3 aromatic rings. The number of nitrogens with one attached hydrogen (secondary N) is 1. The average Bonchev–Trinajstić information content (AvgIpc) is 2.90. The summed E-state index contributed by atoms with van der Waals surface area (Å²) in [5.74, 6) is -0.291. The molecule has 0 aliphatic heterocycles. The fourth-order valence-electron chi connectivity index (χ4n) is 2.47. The molecule has 0 spiro atoms. The van der Waals surface area contributed by atoms with Crippen LogP contribution in [0.2, 0.25) is 0 Å². The van der Waals surface area contributed by atoms with Crippen LogP contribution in [0.5, 0.6) is 0 Å². The maximum absolute atomic E-state index is 11.8. The Hall–Kier alpha value is -2.55. The molecule has 1 aromatic heterocycles. The lowest BCUT2D eigenvalue weighted by Gasteiger charge is -2.07. The molecule has 0 fully saturated rings. The quantitative estimate of drug-likeness (QED) is 0.736. The maximum Gasteiger partial charge on any atom is 0.338 e. The topological polar surface area (TPSA) is 42.1 Å². The molecule has 0 aliphatic carbocycles. The van der Waals surface area contributed by atoms with Gasteiger partial charge >= 0.3 is 5.97 Å². The Bertz CT molecular complexity index is 758. The van der Waals surface area contributed by atoms with E-state index in [4.69, 9.17) is 4.74 Å². The van der Waals surface area contributed by atoms with Crippen molar-refractivity contribution in [3.05, 3.63) is 71.4 Å². The largest absolute Gasteiger partial charge is 0.465 e. The molecule has 0 saturated heterocycles. The Balaban J connectivity index is 2.01. The van der Waals surface area contributed by atoms with E-state index in [-0.39, 0.29) is 5.97 Å². The van der Waals surface area contributed by atoms with E-state index in [9.17, 15) is 4.79 Å². The van der Waals surface area contributed by atoms with Gasteiger partial charge in [0.25, 0.3) is 0 Å². The predicted molar refractivity (Wildman–Crippen MR) is 78.9 cm³/mol. The third kappa shape index (κ3) is 2.18. The van der Waals surface area contributed by atoms with Crippen molar-refractivity contribution >= 4 is 16.9 Å². The molecule has 0 radical (unpaired) electrons. The number of carbonyl (C=O) groups excluding carboxylic acids is 1. The molecule has 2 aromatic carbocycles. The second kappa shape index (κ2) is 5.21. The van der Waals surface area contributed by atoms with Crippen molar-refractivity contribution in [3.63, 3.8) is 0 Å².